The minimum absolute atomic E-state index is 0.150. The number of nitrogens with one attached hydrogen (secondary N) is 1. The fourth-order valence-electron chi connectivity index (χ4n) is 3.01. The highest BCUT2D eigenvalue weighted by Gasteiger charge is 2.26. The van der Waals surface area contributed by atoms with E-state index in [9.17, 15) is 13.2 Å². The summed E-state index contributed by atoms with van der Waals surface area (Å²) in [7, 11) is -3.52. The van der Waals surface area contributed by atoms with E-state index < -0.39 is 10.0 Å². The van der Waals surface area contributed by atoms with Crippen LogP contribution in [0.2, 0.25) is 4.34 Å². The molecule has 9 heteroatoms. The van der Waals surface area contributed by atoms with Crippen LogP contribution in [0.15, 0.2) is 35.2 Å². The van der Waals surface area contributed by atoms with Crippen LogP contribution in [0, 0.1) is 6.92 Å². The van der Waals surface area contributed by atoms with Gasteiger partial charge in [-0.25, -0.2) is 8.42 Å². The van der Waals surface area contributed by atoms with E-state index in [2.05, 4.69) is 5.32 Å². The van der Waals surface area contributed by atoms with Gasteiger partial charge in [0.25, 0.3) is 0 Å². The van der Waals surface area contributed by atoms with Gasteiger partial charge in [0.05, 0.1) is 15.0 Å². The monoisotopic (exact) mass is 458 g/mol. The van der Waals surface area contributed by atoms with E-state index in [-0.39, 0.29) is 16.6 Å². The van der Waals surface area contributed by atoms with Crippen molar-refractivity contribution in [1.82, 2.24) is 4.31 Å². The molecule has 1 amide bonds. The molecule has 1 saturated heterocycles. The van der Waals surface area contributed by atoms with Crippen molar-refractivity contribution >= 4 is 56.3 Å². The van der Waals surface area contributed by atoms with E-state index >= 15 is 0 Å². The Hall–Kier alpha value is -1.06. The molecule has 0 spiro atoms. The van der Waals surface area contributed by atoms with E-state index in [0.717, 1.165) is 34.0 Å². The average Bonchev–Trinajstić information content (AvgIpc) is 3.09. The van der Waals surface area contributed by atoms with Crippen LogP contribution in [0.25, 0.3) is 0 Å². The lowest BCUT2D eigenvalue weighted by atomic mass is 10.2. The van der Waals surface area contributed by atoms with Crippen molar-refractivity contribution in [2.45, 2.75) is 36.8 Å². The van der Waals surface area contributed by atoms with E-state index in [1.54, 1.807) is 18.2 Å². The van der Waals surface area contributed by atoms with Gasteiger partial charge in [0, 0.05) is 29.4 Å². The van der Waals surface area contributed by atoms with Gasteiger partial charge in [-0.2, -0.15) is 4.31 Å². The normalized spacial score (nSPS) is 15.5. The van der Waals surface area contributed by atoms with E-state index in [1.165, 1.54) is 27.4 Å². The lowest BCUT2D eigenvalue weighted by molar-refractivity contribution is -0.113. The molecule has 1 fully saturated rings. The maximum absolute atomic E-state index is 12.9. The molecule has 1 aromatic carbocycles. The van der Waals surface area contributed by atoms with Crippen molar-refractivity contribution in [3.63, 3.8) is 0 Å². The van der Waals surface area contributed by atoms with Gasteiger partial charge >= 0.3 is 0 Å². The fourth-order valence-corrected chi connectivity index (χ4v) is 6.58. The summed E-state index contributed by atoms with van der Waals surface area (Å²) in [5.74, 6) is 0.855. The van der Waals surface area contributed by atoms with Crippen LogP contribution < -0.4 is 5.32 Å². The number of piperidine rings is 1. The molecule has 1 N–H and O–H groups in total. The van der Waals surface area contributed by atoms with Gasteiger partial charge < -0.3 is 5.32 Å². The smallest absolute Gasteiger partial charge is 0.243 e. The molecule has 0 radical (unpaired) electrons. The quantitative estimate of drug-likeness (QED) is 0.649. The van der Waals surface area contributed by atoms with E-state index in [4.69, 9.17) is 11.6 Å². The maximum Gasteiger partial charge on any atom is 0.243 e. The van der Waals surface area contributed by atoms with Crippen LogP contribution in [0.5, 0.6) is 0 Å². The Morgan fingerprint density at radius 1 is 1.21 bits per heavy atom. The molecule has 2 aromatic rings. The van der Waals surface area contributed by atoms with Gasteiger partial charge in [-0.05, 0) is 49.6 Å². The Kier molecular flexibility index (Phi) is 7.44. The van der Waals surface area contributed by atoms with E-state index in [1.807, 2.05) is 19.1 Å². The first-order valence-corrected chi connectivity index (χ1v) is 12.9. The summed E-state index contributed by atoms with van der Waals surface area (Å²) < 4.78 is 28.0. The number of nitrogens with zero attached hydrogens (tertiary/aromatic N) is 1. The Balaban J connectivity index is 1.63. The predicted octanol–water partition coefficient (Wildman–Crippen LogP) is 4.76. The second kappa shape index (κ2) is 9.63. The van der Waals surface area contributed by atoms with Gasteiger partial charge in [0.2, 0.25) is 15.9 Å². The van der Waals surface area contributed by atoms with Crippen molar-refractivity contribution in [3.8, 4) is 0 Å². The summed E-state index contributed by atoms with van der Waals surface area (Å²) in [6, 6.07) is 8.73. The predicted molar refractivity (Wildman–Crippen MR) is 118 cm³/mol. The summed E-state index contributed by atoms with van der Waals surface area (Å²) in [6.45, 7) is 2.97. The molecule has 28 heavy (non-hydrogen) atoms. The number of amides is 1. The molecule has 1 aliphatic rings. The van der Waals surface area contributed by atoms with Crippen molar-refractivity contribution in [2.75, 3.05) is 24.2 Å². The number of rotatable bonds is 7. The highest BCUT2D eigenvalue weighted by atomic mass is 35.5. The van der Waals surface area contributed by atoms with Crippen LogP contribution in [-0.4, -0.2) is 37.5 Å². The molecule has 2 heterocycles. The van der Waals surface area contributed by atoms with Crippen LogP contribution in [0.4, 0.5) is 5.69 Å². The number of aryl methyl sites for hydroxylation is 1. The zero-order valence-electron chi connectivity index (χ0n) is 15.6. The second-order valence-electron chi connectivity index (χ2n) is 6.69. The number of benzene rings is 1. The Morgan fingerprint density at radius 2 is 1.96 bits per heavy atom. The zero-order valence-corrected chi connectivity index (χ0v) is 18.8. The Labute approximate surface area is 179 Å². The highest BCUT2D eigenvalue weighted by molar-refractivity contribution is 7.99. The summed E-state index contributed by atoms with van der Waals surface area (Å²) in [4.78, 5) is 13.7. The number of thioether (sulfide) groups is 1. The van der Waals surface area contributed by atoms with Gasteiger partial charge in [-0.1, -0.05) is 24.1 Å². The molecule has 5 nitrogen and oxygen atoms in total. The number of hydrogen-bond acceptors (Lipinski definition) is 5. The molecule has 0 aliphatic carbocycles. The molecule has 1 aliphatic heterocycles. The summed E-state index contributed by atoms with van der Waals surface area (Å²) in [6.07, 6.45) is 2.85. The minimum atomic E-state index is -3.52. The van der Waals surface area contributed by atoms with Crippen LogP contribution in [0.1, 0.15) is 29.7 Å². The highest BCUT2D eigenvalue weighted by Crippen LogP contribution is 2.27. The number of halogens is 1. The number of carbonyl (C=O) groups excluding carboxylic acids is 1. The van der Waals surface area contributed by atoms with Gasteiger partial charge in [0.15, 0.2) is 0 Å². The minimum Gasteiger partial charge on any atom is -0.325 e. The Morgan fingerprint density at radius 3 is 2.64 bits per heavy atom. The van der Waals surface area contributed by atoms with Crippen LogP contribution in [0.3, 0.4) is 0 Å². The number of carbonyl (C=O) groups is 1. The Bertz CT molecular complexity index is 938. The molecule has 0 bridgehead atoms. The third-order valence-corrected chi connectivity index (χ3v) is 8.83. The van der Waals surface area contributed by atoms with Crippen molar-refractivity contribution in [1.29, 1.82) is 0 Å². The zero-order chi connectivity index (χ0) is 20.1. The van der Waals surface area contributed by atoms with Gasteiger partial charge in [-0.15, -0.1) is 23.1 Å². The van der Waals surface area contributed by atoms with Crippen LogP contribution >= 0.6 is 34.7 Å². The third kappa shape index (κ3) is 5.51. The van der Waals surface area contributed by atoms with Crippen molar-refractivity contribution in [3.05, 3.63) is 45.1 Å². The largest absolute Gasteiger partial charge is 0.325 e. The number of hydrogen-bond donors (Lipinski definition) is 1. The standard InChI is InChI=1S/C19H23ClN2O3S3/c1-14-5-7-16(28(24,25)22-9-3-2-4-10-22)11-17(14)21-19(23)13-26-12-15-6-8-18(20)27-15/h5-8,11H,2-4,9-10,12-13H2,1H3,(H,21,23). The molecule has 152 valence electrons. The summed E-state index contributed by atoms with van der Waals surface area (Å²) >= 11 is 8.92. The molecular weight excluding hydrogens is 436 g/mol. The van der Waals surface area contributed by atoms with Crippen molar-refractivity contribution < 1.29 is 13.2 Å². The van der Waals surface area contributed by atoms with Crippen LogP contribution in [-0.2, 0) is 20.6 Å². The molecule has 0 atom stereocenters. The molecule has 0 unspecified atom stereocenters. The first-order chi connectivity index (χ1) is 13.4. The van der Waals surface area contributed by atoms with Crippen molar-refractivity contribution in [2.24, 2.45) is 0 Å². The molecule has 0 saturated carbocycles. The number of sulfonamides is 1. The number of anilines is 1. The summed E-state index contributed by atoms with van der Waals surface area (Å²) in [5.41, 5.74) is 1.38. The maximum atomic E-state index is 12.9. The summed E-state index contributed by atoms with van der Waals surface area (Å²) in [5, 5.41) is 2.85. The first kappa shape index (κ1) is 21.6. The topological polar surface area (TPSA) is 66.5 Å². The van der Waals surface area contributed by atoms with Gasteiger partial charge in [-0.3, -0.25) is 4.79 Å². The number of thiophene rings is 1. The molecule has 3 rings (SSSR count). The lowest BCUT2D eigenvalue weighted by Crippen LogP contribution is -2.35. The third-order valence-electron chi connectivity index (χ3n) is 4.54. The lowest BCUT2D eigenvalue weighted by Gasteiger charge is -2.26. The second-order valence-corrected chi connectivity index (χ2v) is 11.4. The fraction of sp³-hybridized carbons (Fsp3) is 0.421. The average molecular weight is 459 g/mol. The molecular formula is C19H23ClN2O3S3. The van der Waals surface area contributed by atoms with E-state index in [0.29, 0.717) is 24.5 Å². The first-order valence-electron chi connectivity index (χ1n) is 9.09. The van der Waals surface area contributed by atoms with Gasteiger partial charge in [0.1, 0.15) is 0 Å². The molecule has 1 aromatic heterocycles. The SMILES string of the molecule is Cc1ccc(S(=O)(=O)N2CCCCC2)cc1NC(=O)CSCc1ccc(Cl)s1.